The first-order valence-electron chi connectivity index (χ1n) is 27.9. The lowest BCUT2D eigenvalue weighted by atomic mass is 10.0. The molecule has 0 aliphatic heterocycles. The second-order valence-corrected chi connectivity index (χ2v) is 19.3. The summed E-state index contributed by atoms with van der Waals surface area (Å²) in [6.45, 7) is 6.51. The number of aliphatic hydroxyl groups is 2. The topological polar surface area (TPSA) is 95.9 Å². The minimum absolute atomic E-state index is 0.0818. The first-order chi connectivity index (χ1) is 30.5. The number of aliphatic hydroxyl groups excluding tert-OH is 2. The monoisotopic (exact) mass is 876 g/mol. The molecule has 0 saturated carbocycles. The molecule has 3 unspecified atom stereocenters. The van der Waals surface area contributed by atoms with Crippen molar-refractivity contribution >= 4 is 11.9 Å². The average molecular weight is 876 g/mol. The van der Waals surface area contributed by atoms with Crippen LogP contribution in [0.5, 0.6) is 0 Å². The Morgan fingerprint density at radius 2 is 0.774 bits per heavy atom. The van der Waals surface area contributed by atoms with Crippen LogP contribution in [0.15, 0.2) is 12.2 Å². The molecule has 0 aromatic carbocycles. The fourth-order valence-corrected chi connectivity index (χ4v) is 8.84. The van der Waals surface area contributed by atoms with Gasteiger partial charge in [-0.2, -0.15) is 0 Å². The van der Waals surface area contributed by atoms with E-state index < -0.39 is 18.2 Å². The van der Waals surface area contributed by atoms with Crippen LogP contribution < -0.4 is 5.32 Å². The third kappa shape index (κ3) is 45.2. The first-order valence-corrected chi connectivity index (χ1v) is 27.9. The van der Waals surface area contributed by atoms with Crippen molar-refractivity contribution in [2.75, 3.05) is 6.61 Å². The maximum Gasteiger partial charge on any atom is 0.306 e. The number of hydrogen-bond acceptors (Lipinski definition) is 5. The summed E-state index contributed by atoms with van der Waals surface area (Å²) in [5.74, 6) is -0.463. The summed E-state index contributed by atoms with van der Waals surface area (Å²) >= 11 is 0. The highest BCUT2D eigenvalue weighted by Gasteiger charge is 2.24. The van der Waals surface area contributed by atoms with Crippen molar-refractivity contribution in [1.82, 2.24) is 5.32 Å². The Morgan fingerprint density at radius 3 is 1.15 bits per heavy atom. The van der Waals surface area contributed by atoms with Gasteiger partial charge in [-0.05, 0) is 51.4 Å². The van der Waals surface area contributed by atoms with Crippen molar-refractivity contribution in [2.24, 2.45) is 0 Å². The molecule has 0 fully saturated rings. The number of carbonyl (C=O) groups excluding carboxylic acids is 2. The largest absolute Gasteiger partial charge is 0.462 e. The van der Waals surface area contributed by atoms with Gasteiger partial charge in [-0.1, -0.05) is 258 Å². The van der Waals surface area contributed by atoms with Crippen molar-refractivity contribution in [3.8, 4) is 0 Å². The number of hydrogen-bond donors (Lipinski definition) is 3. The summed E-state index contributed by atoms with van der Waals surface area (Å²) < 4.78 is 5.95. The number of rotatable bonds is 51. The van der Waals surface area contributed by atoms with E-state index in [1.165, 1.54) is 212 Å². The van der Waals surface area contributed by atoms with E-state index in [0.29, 0.717) is 19.3 Å². The zero-order chi connectivity index (χ0) is 45.2. The molecule has 3 N–H and O–H groups in total. The third-order valence-corrected chi connectivity index (χ3v) is 13.1. The highest BCUT2D eigenvalue weighted by atomic mass is 16.5. The summed E-state index contributed by atoms with van der Waals surface area (Å²) in [6, 6.07) is -0.696. The Kier molecular flexibility index (Phi) is 49.5. The molecule has 0 bridgehead atoms. The summed E-state index contributed by atoms with van der Waals surface area (Å²) in [4.78, 5) is 26.2. The van der Waals surface area contributed by atoms with Crippen molar-refractivity contribution in [3.63, 3.8) is 0 Å². The summed E-state index contributed by atoms with van der Waals surface area (Å²) in [5.41, 5.74) is 0. The Labute approximate surface area is 387 Å². The SMILES string of the molecule is CCCCCCCCCCC/C=C/CCCCCCCC(=O)OC(CCCCCCCCCCCCCCCC)CC(=O)NC(CO)C(O)CCCCCCCCCCCCC. The highest BCUT2D eigenvalue weighted by molar-refractivity contribution is 5.77. The zero-order valence-electron chi connectivity index (χ0n) is 42.0. The van der Waals surface area contributed by atoms with Gasteiger partial charge < -0.3 is 20.3 Å². The van der Waals surface area contributed by atoms with Crippen LogP contribution in [0.25, 0.3) is 0 Å². The molecule has 0 aromatic heterocycles. The lowest BCUT2D eigenvalue weighted by Crippen LogP contribution is -2.46. The minimum Gasteiger partial charge on any atom is -0.462 e. The number of amides is 1. The Hall–Kier alpha value is -1.40. The van der Waals surface area contributed by atoms with E-state index in [-0.39, 0.29) is 24.9 Å². The van der Waals surface area contributed by atoms with E-state index in [9.17, 15) is 19.8 Å². The van der Waals surface area contributed by atoms with Gasteiger partial charge >= 0.3 is 5.97 Å². The summed E-state index contributed by atoms with van der Waals surface area (Å²) in [7, 11) is 0. The number of nitrogens with one attached hydrogen (secondary N) is 1. The van der Waals surface area contributed by atoms with E-state index in [2.05, 4.69) is 38.2 Å². The number of unbranched alkanes of at least 4 members (excludes halogenated alkanes) is 37. The smallest absolute Gasteiger partial charge is 0.306 e. The van der Waals surface area contributed by atoms with Crippen LogP contribution in [0.1, 0.15) is 310 Å². The van der Waals surface area contributed by atoms with Crippen LogP contribution >= 0.6 is 0 Å². The van der Waals surface area contributed by atoms with Gasteiger partial charge in [0.2, 0.25) is 5.91 Å². The van der Waals surface area contributed by atoms with Gasteiger partial charge in [-0.3, -0.25) is 9.59 Å². The number of allylic oxidation sites excluding steroid dienone is 2. The second-order valence-electron chi connectivity index (χ2n) is 19.3. The van der Waals surface area contributed by atoms with Crippen molar-refractivity contribution in [1.29, 1.82) is 0 Å². The molecule has 0 aliphatic carbocycles. The van der Waals surface area contributed by atoms with E-state index in [1.54, 1.807) is 0 Å². The van der Waals surface area contributed by atoms with Crippen LogP contribution in [-0.2, 0) is 14.3 Å². The Bertz CT molecular complexity index is 939. The van der Waals surface area contributed by atoms with Gasteiger partial charge in [-0.25, -0.2) is 0 Å². The molecule has 1 amide bonds. The molecule has 0 spiro atoms. The molecule has 0 radical (unpaired) electrons. The number of esters is 1. The maximum atomic E-state index is 13.2. The van der Waals surface area contributed by atoms with Crippen LogP contribution in [0.2, 0.25) is 0 Å². The number of ether oxygens (including phenoxy) is 1. The third-order valence-electron chi connectivity index (χ3n) is 13.1. The van der Waals surface area contributed by atoms with Gasteiger partial charge in [0.1, 0.15) is 6.10 Å². The van der Waals surface area contributed by atoms with Gasteiger partial charge in [0.05, 0.1) is 25.2 Å². The molecule has 0 aromatic rings. The number of carbonyl (C=O) groups is 2. The van der Waals surface area contributed by atoms with E-state index in [0.717, 1.165) is 51.4 Å². The first kappa shape index (κ1) is 60.6. The van der Waals surface area contributed by atoms with Crippen molar-refractivity contribution < 1.29 is 24.5 Å². The minimum atomic E-state index is -0.783. The van der Waals surface area contributed by atoms with E-state index >= 15 is 0 Å². The van der Waals surface area contributed by atoms with E-state index in [1.807, 2.05) is 0 Å². The molecule has 368 valence electrons. The summed E-state index contributed by atoms with van der Waals surface area (Å²) in [5, 5.41) is 23.8. The highest BCUT2D eigenvalue weighted by Crippen LogP contribution is 2.19. The molecule has 0 saturated heterocycles. The quantitative estimate of drug-likeness (QED) is 0.0321. The molecule has 3 atom stereocenters. The molecule has 0 rings (SSSR count). The standard InChI is InChI=1S/C56H109NO5/c1-4-7-10-13-16-19-22-24-26-27-28-29-31-34-37-40-43-46-49-56(61)62-52(47-44-41-38-35-33-30-25-23-20-17-14-11-8-5-2)50-55(60)57-53(51-58)54(59)48-45-42-39-36-32-21-18-15-12-9-6-3/h28-29,52-54,58-59H,4-27,30-51H2,1-3H3,(H,57,60)/b29-28+. The fraction of sp³-hybridized carbons (Fsp3) is 0.929. The predicted octanol–water partition coefficient (Wildman–Crippen LogP) is 16.9. The normalized spacial score (nSPS) is 13.2. The molecule has 62 heavy (non-hydrogen) atoms. The van der Waals surface area contributed by atoms with Gasteiger partial charge in [-0.15, -0.1) is 0 Å². The van der Waals surface area contributed by atoms with E-state index in [4.69, 9.17) is 4.74 Å². The molecule has 6 heteroatoms. The second kappa shape index (κ2) is 50.6. The van der Waals surface area contributed by atoms with Crippen LogP contribution in [-0.4, -0.2) is 46.9 Å². The molecule has 6 nitrogen and oxygen atoms in total. The van der Waals surface area contributed by atoms with Gasteiger partial charge in [0, 0.05) is 6.42 Å². The zero-order valence-corrected chi connectivity index (χ0v) is 42.0. The lowest BCUT2D eigenvalue weighted by Gasteiger charge is -2.24. The molecule has 0 aliphatic rings. The molecular weight excluding hydrogens is 767 g/mol. The predicted molar refractivity (Wildman–Crippen MR) is 269 cm³/mol. The average Bonchev–Trinajstić information content (AvgIpc) is 3.26. The summed E-state index contributed by atoms with van der Waals surface area (Å²) in [6.07, 6.45) is 57.0. The van der Waals surface area contributed by atoms with Crippen molar-refractivity contribution in [2.45, 2.75) is 328 Å². The molecule has 0 heterocycles. The van der Waals surface area contributed by atoms with Crippen molar-refractivity contribution in [3.05, 3.63) is 12.2 Å². The van der Waals surface area contributed by atoms with Gasteiger partial charge in [0.25, 0.3) is 0 Å². The lowest BCUT2D eigenvalue weighted by molar-refractivity contribution is -0.151. The molecular formula is C56H109NO5. The Morgan fingerprint density at radius 1 is 0.452 bits per heavy atom. The van der Waals surface area contributed by atoms with Crippen LogP contribution in [0.4, 0.5) is 0 Å². The fourth-order valence-electron chi connectivity index (χ4n) is 8.84. The maximum absolute atomic E-state index is 13.2. The van der Waals surface area contributed by atoms with Crippen LogP contribution in [0.3, 0.4) is 0 Å². The Balaban J connectivity index is 4.51. The van der Waals surface area contributed by atoms with Crippen LogP contribution in [0, 0.1) is 0 Å². The van der Waals surface area contributed by atoms with Gasteiger partial charge in [0.15, 0.2) is 0 Å².